The molecule has 112 valence electrons. The van der Waals surface area contributed by atoms with Gasteiger partial charge < -0.3 is 10.1 Å². The van der Waals surface area contributed by atoms with Crippen molar-refractivity contribution in [1.82, 2.24) is 14.6 Å². The molecule has 4 rings (SSSR count). The van der Waals surface area contributed by atoms with Gasteiger partial charge in [0.05, 0.1) is 6.21 Å². The van der Waals surface area contributed by atoms with Gasteiger partial charge >= 0.3 is 0 Å². The summed E-state index contributed by atoms with van der Waals surface area (Å²) in [6, 6.07) is 14.2. The quantitative estimate of drug-likeness (QED) is 0.558. The molecule has 6 heteroatoms. The average molecular weight is 304 g/mol. The van der Waals surface area contributed by atoms with Crippen molar-refractivity contribution in [3.05, 3.63) is 70.8 Å². The van der Waals surface area contributed by atoms with Gasteiger partial charge in [-0.15, -0.1) is 0 Å². The highest BCUT2D eigenvalue weighted by atomic mass is 16.3. The predicted octanol–water partition coefficient (Wildman–Crippen LogP) is 2.47. The number of benzene rings is 2. The normalized spacial score (nSPS) is 11.7. The number of hydrogen-bond acceptors (Lipinski definition) is 4. The van der Waals surface area contributed by atoms with Crippen LogP contribution < -0.4 is 5.56 Å². The second kappa shape index (κ2) is 5.10. The van der Waals surface area contributed by atoms with E-state index in [1.807, 2.05) is 24.3 Å². The second-order valence-electron chi connectivity index (χ2n) is 5.13. The Morgan fingerprint density at radius 3 is 2.91 bits per heavy atom. The molecule has 0 radical (unpaired) electrons. The summed E-state index contributed by atoms with van der Waals surface area (Å²) >= 11 is 0. The van der Waals surface area contributed by atoms with Crippen LogP contribution in [0.4, 0.5) is 0 Å². The lowest BCUT2D eigenvalue weighted by Crippen LogP contribution is -2.17. The Labute approximate surface area is 130 Å². The molecule has 0 saturated carbocycles. The van der Waals surface area contributed by atoms with Crippen molar-refractivity contribution in [3.8, 4) is 5.75 Å². The van der Waals surface area contributed by atoms with Crippen molar-refractivity contribution in [2.75, 3.05) is 0 Å². The lowest BCUT2D eigenvalue weighted by Gasteiger charge is -1.98. The first-order valence-corrected chi connectivity index (χ1v) is 7.04. The highest BCUT2D eigenvalue weighted by molar-refractivity contribution is 6.04. The van der Waals surface area contributed by atoms with E-state index < -0.39 is 0 Å². The number of para-hydroxylation sites is 1. The topological polar surface area (TPSA) is 83.3 Å². The third kappa shape index (κ3) is 2.26. The number of nitrogens with one attached hydrogen (secondary N) is 1. The molecular weight excluding hydrogens is 292 g/mol. The Morgan fingerprint density at radius 1 is 1.17 bits per heavy atom. The minimum atomic E-state index is -0.275. The van der Waals surface area contributed by atoms with Gasteiger partial charge in [-0.1, -0.05) is 30.3 Å². The van der Waals surface area contributed by atoms with E-state index in [0.29, 0.717) is 16.6 Å². The number of phenols is 1. The van der Waals surface area contributed by atoms with Crippen molar-refractivity contribution >= 4 is 28.2 Å². The van der Waals surface area contributed by atoms with Gasteiger partial charge in [0.15, 0.2) is 0 Å². The lowest BCUT2D eigenvalue weighted by atomic mass is 10.2. The highest BCUT2D eigenvalue weighted by Gasteiger charge is 2.09. The molecule has 4 aromatic rings. The van der Waals surface area contributed by atoms with Crippen LogP contribution in [-0.4, -0.2) is 26.0 Å². The standard InChI is InChI=1S/C17H12N4O2/c22-12-5-3-4-11(8-12)9-19-21-10-18-15-13-6-1-2-7-14(13)20-16(15)17(21)23/h1-10,20,22H. The molecule has 0 fully saturated rings. The number of aromatic amines is 1. The maximum Gasteiger partial charge on any atom is 0.298 e. The molecule has 2 heterocycles. The summed E-state index contributed by atoms with van der Waals surface area (Å²) in [5.41, 5.74) is 2.33. The van der Waals surface area contributed by atoms with Gasteiger partial charge in [-0.05, 0) is 23.8 Å². The van der Waals surface area contributed by atoms with Crippen molar-refractivity contribution in [3.63, 3.8) is 0 Å². The first-order valence-electron chi connectivity index (χ1n) is 7.04. The monoisotopic (exact) mass is 304 g/mol. The van der Waals surface area contributed by atoms with E-state index in [4.69, 9.17) is 0 Å². The Kier molecular flexibility index (Phi) is 2.94. The molecule has 0 atom stereocenters. The van der Waals surface area contributed by atoms with Crippen LogP contribution in [0.3, 0.4) is 0 Å². The van der Waals surface area contributed by atoms with Gasteiger partial charge in [-0.25, -0.2) is 4.98 Å². The van der Waals surface area contributed by atoms with E-state index in [-0.39, 0.29) is 11.3 Å². The fourth-order valence-electron chi connectivity index (χ4n) is 2.51. The molecule has 0 aliphatic heterocycles. The van der Waals surface area contributed by atoms with Crippen LogP contribution in [-0.2, 0) is 0 Å². The Balaban J connectivity index is 1.83. The summed E-state index contributed by atoms with van der Waals surface area (Å²) in [5, 5.41) is 14.5. The van der Waals surface area contributed by atoms with Crippen LogP contribution in [0.15, 0.2) is 64.8 Å². The third-order valence-electron chi connectivity index (χ3n) is 3.60. The van der Waals surface area contributed by atoms with E-state index in [9.17, 15) is 9.90 Å². The van der Waals surface area contributed by atoms with Crippen LogP contribution in [0.1, 0.15) is 5.56 Å². The van der Waals surface area contributed by atoms with E-state index in [1.54, 1.807) is 24.3 Å². The molecule has 0 aliphatic carbocycles. The summed E-state index contributed by atoms with van der Waals surface area (Å²) in [6.45, 7) is 0. The molecule has 0 saturated heterocycles. The Hall–Kier alpha value is -3.41. The number of fused-ring (bicyclic) bond motifs is 3. The number of phenolic OH excluding ortho intramolecular Hbond substituents is 1. The van der Waals surface area contributed by atoms with E-state index >= 15 is 0 Å². The van der Waals surface area contributed by atoms with E-state index in [0.717, 1.165) is 10.9 Å². The summed E-state index contributed by atoms with van der Waals surface area (Å²) in [5.74, 6) is 0.144. The fourth-order valence-corrected chi connectivity index (χ4v) is 2.51. The van der Waals surface area contributed by atoms with Crippen LogP contribution in [0.5, 0.6) is 5.75 Å². The zero-order valence-electron chi connectivity index (χ0n) is 12.0. The first-order chi connectivity index (χ1) is 11.2. The van der Waals surface area contributed by atoms with Crippen molar-refractivity contribution in [1.29, 1.82) is 0 Å². The van der Waals surface area contributed by atoms with Gasteiger partial charge in [0.1, 0.15) is 23.1 Å². The minimum Gasteiger partial charge on any atom is -0.508 e. The lowest BCUT2D eigenvalue weighted by molar-refractivity contribution is 0.475. The van der Waals surface area contributed by atoms with Gasteiger partial charge in [0, 0.05) is 10.9 Å². The molecule has 2 N–H and O–H groups in total. The molecule has 6 nitrogen and oxygen atoms in total. The molecule has 23 heavy (non-hydrogen) atoms. The van der Waals surface area contributed by atoms with Crippen LogP contribution in [0.25, 0.3) is 21.9 Å². The maximum atomic E-state index is 12.5. The molecular formula is C17H12N4O2. The summed E-state index contributed by atoms with van der Waals surface area (Å²) in [4.78, 5) is 19.9. The summed E-state index contributed by atoms with van der Waals surface area (Å²) < 4.78 is 1.17. The number of rotatable bonds is 2. The number of aromatic hydroxyl groups is 1. The van der Waals surface area contributed by atoms with Gasteiger partial charge in [0.25, 0.3) is 5.56 Å². The number of nitrogens with zero attached hydrogens (tertiary/aromatic N) is 3. The van der Waals surface area contributed by atoms with Crippen molar-refractivity contribution in [2.45, 2.75) is 0 Å². The minimum absolute atomic E-state index is 0.144. The number of hydrogen-bond donors (Lipinski definition) is 2. The molecule has 0 spiro atoms. The van der Waals surface area contributed by atoms with Gasteiger partial charge in [0.2, 0.25) is 0 Å². The largest absolute Gasteiger partial charge is 0.508 e. The Morgan fingerprint density at radius 2 is 2.04 bits per heavy atom. The molecule has 0 amide bonds. The Bertz CT molecular complexity index is 1110. The zero-order valence-corrected chi connectivity index (χ0v) is 12.0. The van der Waals surface area contributed by atoms with Crippen LogP contribution in [0, 0.1) is 0 Å². The smallest absolute Gasteiger partial charge is 0.298 e. The predicted molar refractivity (Wildman–Crippen MR) is 89.0 cm³/mol. The van der Waals surface area contributed by atoms with Crippen LogP contribution >= 0.6 is 0 Å². The van der Waals surface area contributed by atoms with Gasteiger partial charge in [-0.3, -0.25) is 4.79 Å². The molecule has 0 unspecified atom stereocenters. The van der Waals surface area contributed by atoms with E-state index in [2.05, 4.69) is 15.1 Å². The summed E-state index contributed by atoms with van der Waals surface area (Å²) in [6.07, 6.45) is 2.89. The third-order valence-corrected chi connectivity index (χ3v) is 3.60. The zero-order chi connectivity index (χ0) is 15.8. The van der Waals surface area contributed by atoms with Crippen molar-refractivity contribution in [2.24, 2.45) is 5.10 Å². The number of aromatic nitrogens is 3. The maximum absolute atomic E-state index is 12.5. The van der Waals surface area contributed by atoms with Gasteiger partial charge in [-0.2, -0.15) is 9.78 Å². The molecule has 2 aromatic heterocycles. The SMILES string of the molecule is O=c1c2[nH]c3ccccc3c2ncn1N=Cc1cccc(O)c1. The molecule has 0 bridgehead atoms. The highest BCUT2D eigenvalue weighted by Crippen LogP contribution is 2.20. The molecule has 0 aliphatic rings. The first kappa shape index (κ1) is 13.3. The molecule has 2 aromatic carbocycles. The van der Waals surface area contributed by atoms with E-state index in [1.165, 1.54) is 17.2 Å². The second-order valence-corrected chi connectivity index (χ2v) is 5.13. The number of H-pyrrole nitrogens is 1. The fraction of sp³-hybridized carbons (Fsp3) is 0. The van der Waals surface area contributed by atoms with Crippen molar-refractivity contribution < 1.29 is 5.11 Å². The average Bonchev–Trinajstić information content (AvgIpc) is 2.94. The van der Waals surface area contributed by atoms with Crippen LogP contribution in [0.2, 0.25) is 0 Å². The summed E-state index contributed by atoms with van der Waals surface area (Å²) in [7, 11) is 0.